The van der Waals surface area contributed by atoms with Gasteiger partial charge in [0.1, 0.15) is 0 Å². The Morgan fingerprint density at radius 2 is 1.58 bits per heavy atom. The predicted molar refractivity (Wildman–Crippen MR) is 46.8 cm³/mol. The number of nitrogens with zero attached hydrogens (tertiary/aromatic N) is 1. The lowest BCUT2D eigenvalue weighted by Gasteiger charge is -2.49. The molecule has 0 radical (unpaired) electrons. The van der Waals surface area contributed by atoms with Crippen LogP contribution in [0.1, 0.15) is 25.7 Å². The Hall–Kier alpha value is -0.0800. The maximum absolute atomic E-state index is 10.0. The molecule has 3 heterocycles. The van der Waals surface area contributed by atoms with Crippen molar-refractivity contribution in [2.75, 3.05) is 13.1 Å². The molecule has 2 heteroatoms. The van der Waals surface area contributed by atoms with E-state index in [1.54, 1.807) is 0 Å². The maximum Gasteiger partial charge on any atom is 0.0727 e. The molecule has 4 rings (SSSR count). The zero-order chi connectivity index (χ0) is 8.13. The SMILES string of the molecule is OC1C2CCN(CC2)C1C1CC1. The summed E-state index contributed by atoms with van der Waals surface area (Å²) in [5, 5.41) is 10.0. The van der Waals surface area contributed by atoms with Crippen molar-refractivity contribution in [2.45, 2.75) is 37.8 Å². The van der Waals surface area contributed by atoms with E-state index in [9.17, 15) is 5.11 Å². The third kappa shape index (κ3) is 0.944. The minimum atomic E-state index is 0.0139. The van der Waals surface area contributed by atoms with Gasteiger partial charge in [-0.2, -0.15) is 0 Å². The third-order valence-electron chi connectivity index (χ3n) is 3.93. The molecule has 0 aromatic rings. The summed E-state index contributed by atoms with van der Waals surface area (Å²) < 4.78 is 0. The fraction of sp³-hybridized carbons (Fsp3) is 1.00. The van der Waals surface area contributed by atoms with Crippen LogP contribution < -0.4 is 0 Å². The van der Waals surface area contributed by atoms with Crippen molar-refractivity contribution < 1.29 is 5.11 Å². The summed E-state index contributed by atoms with van der Waals surface area (Å²) in [5.41, 5.74) is 0. The van der Waals surface area contributed by atoms with Gasteiger partial charge in [-0.1, -0.05) is 0 Å². The Morgan fingerprint density at radius 3 is 2.08 bits per heavy atom. The van der Waals surface area contributed by atoms with Gasteiger partial charge < -0.3 is 5.11 Å². The number of aliphatic hydroxyl groups is 1. The first-order valence-electron chi connectivity index (χ1n) is 5.28. The topological polar surface area (TPSA) is 23.5 Å². The number of hydrogen-bond donors (Lipinski definition) is 1. The van der Waals surface area contributed by atoms with Gasteiger partial charge in [-0.15, -0.1) is 0 Å². The zero-order valence-electron chi connectivity index (χ0n) is 7.45. The molecule has 1 saturated carbocycles. The van der Waals surface area contributed by atoms with Gasteiger partial charge in [0.15, 0.2) is 0 Å². The van der Waals surface area contributed by atoms with E-state index in [1.807, 2.05) is 0 Å². The van der Waals surface area contributed by atoms with Gasteiger partial charge in [0.25, 0.3) is 0 Å². The number of rotatable bonds is 1. The Bertz CT molecular complexity index is 180. The summed E-state index contributed by atoms with van der Waals surface area (Å²) in [6.45, 7) is 2.51. The van der Waals surface area contributed by atoms with Gasteiger partial charge in [-0.3, -0.25) is 4.90 Å². The molecule has 68 valence electrons. The lowest BCUT2D eigenvalue weighted by atomic mass is 9.79. The summed E-state index contributed by atoms with van der Waals surface area (Å²) in [6, 6.07) is 0.553. The minimum absolute atomic E-state index is 0.0139. The lowest BCUT2D eigenvalue weighted by molar-refractivity contribution is -0.0799. The Balaban J connectivity index is 1.82. The first kappa shape index (κ1) is 7.34. The average Bonchev–Trinajstić information content (AvgIpc) is 2.90. The van der Waals surface area contributed by atoms with Crippen LogP contribution in [0.3, 0.4) is 0 Å². The summed E-state index contributed by atoms with van der Waals surface area (Å²) in [5.74, 6) is 1.49. The second-order valence-electron chi connectivity index (χ2n) is 4.69. The summed E-state index contributed by atoms with van der Waals surface area (Å²) in [7, 11) is 0. The molecule has 0 aromatic carbocycles. The standard InChI is InChI=1S/C10H17NO/c12-10-8-3-5-11(6-4-8)9(10)7-1-2-7/h7-10,12H,1-6H2. The molecule has 3 aliphatic heterocycles. The molecular weight excluding hydrogens is 150 g/mol. The molecule has 2 unspecified atom stereocenters. The summed E-state index contributed by atoms with van der Waals surface area (Å²) >= 11 is 0. The fourth-order valence-corrected chi connectivity index (χ4v) is 3.07. The van der Waals surface area contributed by atoms with Gasteiger partial charge in [-0.05, 0) is 50.6 Å². The van der Waals surface area contributed by atoms with Crippen LogP contribution in [0.15, 0.2) is 0 Å². The second kappa shape index (κ2) is 2.46. The second-order valence-corrected chi connectivity index (χ2v) is 4.69. The molecule has 0 aromatic heterocycles. The molecular formula is C10H17NO. The first-order valence-corrected chi connectivity index (χ1v) is 5.28. The Labute approximate surface area is 73.6 Å². The quantitative estimate of drug-likeness (QED) is 0.626. The van der Waals surface area contributed by atoms with E-state index in [0.717, 1.165) is 5.92 Å². The van der Waals surface area contributed by atoms with Crippen LogP contribution >= 0.6 is 0 Å². The molecule has 2 nitrogen and oxygen atoms in total. The molecule has 4 fully saturated rings. The van der Waals surface area contributed by atoms with Gasteiger partial charge in [0, 0.05) is 6.04 Å². The maximum atomic E-state index is 10.0. The number of piperidine rings is 3. The highest BCUT2D eigenvalue weighted by Crippen LogP contribution is 2.44. The molecule has 12 heavy (non-hydrogen) atoms. The molecule has 3 saturated heterocycles. The van der Waals surface area contributed by atoms with Crippen molar-refractivity contribution in [1.82, 2.24) is 4.90 Å². The Kier molecular flexibility index (Phi) is 1.50. The summed E-state index contributed by atoms with van der Waals surface area (Å²) in [4.78, 5) is 2.53. The van der Waals surface area contributed by atoms with Crippen molar-refractivity contribution in [3.05, 3.63) is 0 Å². The van der Waals surface area contributed by atoms with E-state index in [0.29, 0.717) is 12.0 Å². The monoisotopic (exact) mass is 167 g/mol. The molecule has 2 bridgehead atoms. The minimum Gasteiger partial charge on any atom is -0.391 e. The van der Waals surface area contributed by atoms with Crippen molar-refractivity contribution in [3.63, 3.8) is 0 Å². The van der Waals surface area contributed by atoms with Crippen LogP contribution in [0.25, 0.3) is 0 Å². The van der Waals surface area contributed by atoms with Crippen LogP contribution in [0.5, 0.6) is 0 Å². The highest BCUT2D eigenvalue weighted by molar-refractivity contribution is 5.01. The van der Waals surface area contributed by atoms with E-state index in [4.69, 9.17) is 0 Å². The van der Waals surface area contributed by atoms with Crippen molar-refractivity contribution in [2.24, 2.45) is 11.8 Å². The molecule has 4 aliphatic rings. The lowest BCUT2D eigenvalue weighted by Crippen LogP contribution is -2.58. The number of aliphatic hydroxyl groups excluding tert-OH is 1. The van der Waals surface area contributed by atoms with Gasteiger partial charge >= 0.3 is 0 Å². The smallest absolute Gasteiger partial charge is 0.0727 e. The largest absolute Gasteiger partial charge is 0.391 e. The molecule has 0 amide bonds. The van der Waals surface area contributed by atoms with Crippen molar-refractivity contribution in [3.8, 4) is 0 Å². The summed E-state index contributed by atoms with van der Waals surface area (Å²) in [6.07, 6.45) is 5.23. The normalized spacial score (nSPS) is 52.8. The highest BCUT2D eigenvalue weighted by atomic mass is 16.3. The van der Waals surface area contributed by atoms with E-state index in [1.165, 1.54) is 38.8 Å². The molecule has 1 N–H and O–H groups in total. The zero-order valence-corrected chi connectivity index (χ0v) is 7.45. The molecule has 1 aliphatic carbocycles. The van der Waals surface area contributed by atoms with Crippen molar-refractivity contribution in [1.29, 1.82) is 0 Å². The predicted octanol–water partition coefficient (Wildman–Crippen LogP) is 0.852. The van der Waals surface area contributed by atoms with E-state index in [-0.39, 0.29) is 6.10 Å². The van der Waals surface area contributed by atoms with Gasteiger partial charge in [0.05, 0.1) is 6.10 Å². The fourth-order valence-electron chi connectivity index (χ4n) is 3.07. The number of hydrogen-bond acceptors (Lipinski definition) is 2. The Morgan fingerprint density at radius 1 is 0.917 bits per heavy atom. The first-order chi connectivity index (χ1) is 5.86. The molecule has 2 atom stereocenters. The average molecular weight is 167 g/mol. The molecule has 0 spiro atoms. The van der Waals surface area contributed by atoms with Gasteiger partial charge in [0.2, 0.25) is 0 Å². The van der Waals surface area contributed by atoms with Crippen LogP contribution in [0, 0.1) is 11.8 Å². The van der Waals surface area contributed by atoms with Gasteiger partial charge in [-0.25, -0.2) is 0 Å². The van der Waals surface area contributed by atoms with E-state index in [2.05, 4.69) is 4.90 Å². The van der Waals surface area contributed by atoms with Crippen LogP contribution in [0.4, 0.5) is 0 Å². The van der Waals surface area contributed by atoms with Crippen LogP contribution in [0.2, 0.25) is 0 Å². The van der Waals surface area contributed by atoms with E-state index >= 15 is 0 Å². The third-order valence-corrected chi connectivity index (χ3v) is 3.93. The number of fused-ring (bicyclic) bond motifs is 3. The van der Waals surface area contributed by atoms with Crippen molar-refractivity contribution >= 4 is 0 Å². The van der Waals surface area contributed by atoms with E-state index < -0.39 is 0 Å². The van der Waals surface area contributed by atoms with Crippen LogP contribution in [-0.4, -0.2) is 35.2 Å². The highest BCUT2D eigenvalue weighted by Gasteiger charge is 2.47. The van der Waals surface area contributed by atoms with Crippen LogP contribution in [-0.2, 0) is 0 Å².